The number of sulfonamides is 1. The van der Waals surface area contributed by atoms with Crippen LogP contribution in [0.3, 0.4) is 0 Å². The van der Waals surface area contributed by atoms with Crippen LogP contribution in [0, 0.1) is 0 Å². The van der Waals surface area contributed by atoms with E-state index in [1.54, 1.807) is 41.3 Å². The summed E-state index contributed by atoms with van der Waals surface area (Å²) in [6.45, 7) is 1.71. The second-order valence-electron chi connectivity index (χ2n) is 7.29. The molecule has 0 bridgehead atoms. The normalized spacial score (nSPS) is 17.7. The van der Waals surface area contributed by atoms with Crippen molar-refractivity contribution in [2.45, 2.75) is 30.6 Å². The highest BCUT2D eigenvalue weighted by Gasteiger charge is 2.27. The third-order valence-corrected chi connectivity index (χ3v) is 7.18. The summed E-state index contributed by atoms with van der Waals surface area (Å²) in [7, 11) is -3.55. The topological polar surface area (TPSA) is 86.8 Å². The number of benzene rings is 2. The summed E-state index contributed by atoms with van der Waals surface area (Å²) in [4.78, 5) is 26.5. The molecule has 0 radical (unpaired) electrons. The molecule has 0 atom stereocenters. The van der Waals surface area contributed by atoms with Crippen molar-refractivity contribution in [3.8, 4) is 0 Å². The smallest absolute Gasteiger partial charge is 0.255 e. The van der Waals surface area contributed by atoms with Gasteiger partial charge in [0.2, 0.25) is 15.9 Å². The van der Waals surface area contributed by atoms with Crippen molar-refractivity contribution in [2.75, 3.05) is 29.9 Å². The predicted molar refractivity (Wildman–Crippen MR) is 110 cm³/mol. The number of hydrogen-bond acceptors (Lipinski definition) is 4. The molecule has 29 heavy (non-hydrogen) atoms. The van der Waals surface area contributed by atoms with Gasteiger partial charge in [-0.05, 0) is 55.7 Å². The molecule has 1 N–H and O–H groups in total. The van der Waals surface area contributed by atoms with E-state index in [-0.39, 0.29) is 16.7 Å². The van der Waals surface area contributed by atoms with Crippen molar-refractivity contribution in [2.24, 2.45) is 0 Å². The lowest BCUT2D eigenvalue weighted by Crippen LogP contribution is -2.28. The summed E-state index contributed by atoms with van der Waals surface area (Å²) in [5, 5.41) is 2.76. The highest BCUT2D eigenvalue weighted by molar-refractivity contribution is 7.89. The van der Waals surface area contributed by atoms with Crippen LogP contribution in [0.1, 0.15) is 36.0 Å². The number of carbonyl (C=O) groups excluding carboxylic acids is 2. The molecule has 2 aliphatic rings. The average molecular weight is 413 g/mol. The van der Waals surface area contributed by atoms with Gasteiger partial charge in [-0.1, -0.05) is 12.1 Å². The van der Waals surface area contributed by atoms with E-state index in [0.717, 1.165) is 19.3 Å². The molecular weight excluding hydrogens is 390 g/mol. The van der Waals surface area contributed by atoms with E-state index in [1.165, 1.54) is 10.4 Å². The van der Waals surface area contributed by atoms with Gasteiger partial charge in [0.05, 0.1) is 4.90 Å². The summed E-state index contributed by atoms with van der Waals surface area (Å²) in [6, 6.07) is 13.2. The molecule has 2 aromatic carbocycles. The fourth-order valence-electron chi connectivity index (χ4n) is 3.75. The van der Waals surface area contributed by atoms with Crippen molar-refractivity contribution in [3.05, 3.63) is 54.1 Å². The van der Waals surface area contributed by atoms with Crippen LogP contribution in [0.25, 0.3) is 0 Å². The molecule has 8 heteroatoms. The van der Waals surface area contributed by atoms with Crippen molar-refractivity contribution in [3.63, 3.8) is 0 Å². The summed E-state index contributed by atoms with van der Waals surface area (Å²) < 4.78 is 27.0. The number of nitrogens with zero attached hydrogens (tertiary/aromatic N) is 2. The highest BCUT2D eigenvalue weighted by atomic mass is 32.2. The lowest BCUT2D eigenvalue weighted by Gasteiger charge is -2.17. The Hall–Kier alpha value is -2.71. The third-order valence-electron chi connectivity index (χ3n) is 5.29. The molecule has 2 amide bonds. The van der Waals surface area contributed by atoms with Crippen LogP contribution in [-0.2, 0) is 14.8 Å². The lowest BCUT2D eigenvalue weighted by atomic mass is 10.1. The molecule has 7 nitrogen and oxygen atoms in total. The Morgan fingerprint density at radius 3 is 2.41 bits per heavy atom. The molecule has 0 spiro atoms. The van der Waals surface area contributed by atoms with E-state index in [2.05, 4.69) is 5.32 Å². The minimum atomic E-state index is -3.55. The van der Waals surface area contributed by atoms with Crippen LogP contribution in [0.15, 0.2) is 53.4 Å². The number of rotatable bonds is 5. The van der Waals surface area contributed by atoms with Crippen LogP contribution in [0.4, 0.5) is 11.4 Å². The Morgan fingerprint density at radius 2 is 1.69 bits per heavy atom. The number of anilines is 2. The minimum Gasteiger partial charge on any atom is -0.322 e. The average Bonchev–Trinajstić information content (AvgIpc) is 3.40. The van der Waals surface area contributed by atoms with E-state index in [1.807, 2.05) is 6.07 Å². The molecule has 0 aliphatic carbocycles. The molecule has 2 aromatic rings. The van der Waals surface area contributed by atoms with Crippen LogP contribution in [0.2, 0.25) is 0 Å². The van der Waals surface area contributed by atoms with Crippen LogP contribution >= 0.6 is 0 Å². The Morgan fingerprint density at radius 1 is 0.931 bits per heavy atom. The largest absolute Gasteiger partial charge is 0.322 e. The molecule has 2 saturated heterocycles. The van der Waals surface area contributed by atoms with E-state index in [0.29, 0.717) is 43.0 Å². The van der Waals surface area contributed by atoms with Gasteiger partial charge in [0, 0.05) is 43.0 Å². The maximum absolute atomic E-state index is 12.7. The van der Waals surface area contributed by atoms with Gasteiger partial charge in [-0.15, -0.1) is 0 Å². The molecule has 0 saturated carbocycles. The molecule has 152 valence electrons. The molecule has 2 heterocycles. The van der Waals surface area contributed by atoms with Gasteiger partial charge < -0.3 is 10.2 Å². The summed E-state index contributed by atoms with van der Waals surface area (Å²) in [5.41, 5.74) is 1.53. The second-order valence-corrected chi connectivity index (χ2v) is 9.23. The Kier molecular flexibility index (Phi) is 5.38. The standard InChI is InChI=1S/C21H23N3O4S/c25-20-10-5-13-24(20)18-8-3-6-16(14-18)21(26)22-17-7-4-9-19(15-17)29(27,28)23-11-1-2-12-23/h3-4,6-9,14-15H,1-2,5,10-13H2,(H,22,26). The third kappa shape index (κ3) is 4.04. The monoisotopic (exact) mass is 413 g/mol. The Bertz CT molecular complexity index is 1050. The van der Waals surface area contributed by atoms with Crippen LogP contribution in [0.5, 0.6) is 0 Å². The van der Waals surface area contributed by atoms with Gasteiger partial charge >= 0.3 is 0 Å². The predicted octanol–water partition coefficient (Wildman–Crippen LogP) is 2.85. The molecule has 0 aromatic heterocycles. The van der Waals surface area contributed by atoms with Crippen molar-refractivity contribution in [1.82, 2.24) is 4.31 Å². The van der Waals surface area contributed by atoms with Crippen LogP contribution in [-0.4, -0.2) is 44.2 Å². The quantitative estimate of drug-likeness (QED) is 0.817. The first kappa shape index (κ1) is 19.6. The van der Waals surface area contributed by atoms with Crippen LogP contribution < -0.4 is 10.2 Å². The summed E-state index contributed by atoms with van der Waals surface area (Å²) in [5.74, 6) is -0.295. The molecule has 4 rings (SSSR count). The number of hydrogen-bond donors (Lipinski definition) is 1. The lowest BCUT2D eigenvalue weighted by molar-refractivity contribution is -0.117. The SMILES string of the molecule is O=C(Nc1cccc(S(=O)(=O)N2CCCC2)c1)c1cccc(N2CCCC2=O)c1. The van der Waals surface area contributed by atoms with Gasteiger partial charge in [-0.3, -0.25) is 9.59 Å². The minimum absolute atomic E-state index is 0.0578. The fourth-order valence-corrected chi connectivity index (χ4v) is 5.31. The fraction of sp³-hybridized carbons (Fsp3) is 0.333. The first-order valence-corrected chi connectivity index (χ1v) is 11.2. The zero-order chi connectivity index (χ0) is 20.4. The van der Waals surface area contributed by atoms with Gasteiger partial charge in [0.1, 0.15) is 0 Å². The zero-order valence-electron chi connectivity index (χ0n) is 16.0. The van der Waals surface area contributed by atoms with E-state index in [9.17, 15) is 18.0 Å². The van der Waals surface area contributed by atoms with E-state index < -0.39 is 10.0 Å². The molecule has 0 unspecified atom stereocenters. The number of carbonyl (C=O) groups is 2. The number of nitrogens with one attached hydrogen (secondary N) is 1. The first-order valence-electron chi connectivity index (χ1n) is 9.77. The van der Waals surface area contributed by atoms with Crippen molar-refractivity contribution in [1.29, 1.82) is 0 Å². The van der Waals surface area contributed by atoms with Gasteiger partial charge in [0.15, 0.2) is 0 Å². The van der Waals surface area contributed by atoms with Crippen molar-refractivity contribution < 1.29 is 18.0 Å². The molecule has 2 fully saturated rings. The molecular formula is C21H23N3O4S. The first-order chi connectivity index (χ1) is 13.9. The van der Waals surface area contributed by atoms with E-state index in [4.69, 9.17) is 0 Å². The summed E-state index contributed by atoms with van der Waals surface area (Å²) >= 11 is 0. The molecule has 2 aliphatic heterocycles. The maximum Gasteiger partial charge on any atom is 0.255 e. The number of amides is 2. The van der Waals surface area contributed by atoms with Crippen molar-refractivity contribution >= 4 is 33.2 Å². The van der Waals surface area contributed by atoms with Gasteiger partial charge in [-0.2, -0.15) is 4.31 Å². The van der Waals surface area contributed by atoms with E-state index >= 15 is 0 Å². The van der Waals surface area contributed by atoms with Gasteiger partial charge in [-0.25, -0.2) is 8.42 Å². The highest BCUT2D eigenvalue weighted by Crippen LogP contribution is 2.25. The zero-order valence-corrected chi connectivity index (χ0v) is 16.8. The summed E-state index contributed by atoms with van der Waals surface area (Å²) in [6.07, 6.45) is 3.07. The second kappa shape index (κ2) is 7.96. The maximum atomic E-state index is 12.7. The van der Waals surface area contributed by atoms with Gasteiger partial charge in [0.25, 0.3) is 5.91 Å². The Balaban J connectivity index is 1.53. The Labute approximate surface area is 170 Å².